The Bertz CT molecular complexity index is 990. The first-order valence-electron chi connectivity index (χ1n) is 8.87. The molecule has 7 heteroatoms. The minimum Gasteiger partial charge on any atom is -0.385 e. The van der Waals surface area contributed by atoms with Crippen molar-refractivity contribution in [1.29, 1.82) is 0 Å². The van der Waals surface area contributed by atoms with Crippen molar-refractivity contribution in [1.82, 2.24) is 19.3 Å². The van der Waals surface area contributed by atoms with Gasteiger partial charge in [0, 0.05) is 32.5 Å². The van der Waals surface area contributed by atoms with Crippen molar-refractivity contribution in [3.8, 4) is 0 Å². The molecule has 3 heterocycles. The molecule has 0 bridgehead atoms. The Morgan fingerprint density at radius 2 is 2.19 bits per heavy atom. The summed E-state index contributed by atoms with van der Waals surface area (Å²) in [6.45, 7) is 5.09. The maximum absolute atomic E-state index is 12.8. The second kappa shape index (κ2) is 7.70. The maximum atomic E-state index is 12.8. The second-order valence-corrected chi connectivity index (χ2v) is 6.39. The lowest BCUT2D eigenvalue weighted by molar-refractivity contribution is 0.0929. The van der Waals surface area contributed by atoms with Crippen molar-refractivity contribution < 1.29 is 9.53 Å². The molecule has 0 aliphatic rings. The van der Waals surface area contributed by atoms with Crippen LogP contribution in [0.1, 0.15) is 37.2 Å². The van der Waals surface area contributed by atoms with Crippen LogP contribution in [0.2, 0.25) is 0 Å². The number of ether oxygens (including phenoxy) is 1. The van der Waals surface area contributed by atoms with Crippen LogP contribution in [-0.4, -0.2) is 39.6 Å². The normalized spacial score (nSPS) is 12.6. The summed E-state index contributed by atoms with van der Waals surface area (Å²) >= 11 is 0. The lowest BCUT2D eigenvalue weighted by Crippen LogP contribution is -2.33. The van der Waals surface area contributed by atoms with Crippen molar-refractivity contribution in [2.24, 2.45) is 0 Å². The van der Waals surface area contributed by atoms with Crippen LogP contribution in [0.4, 0.5) is 0 Å². The van der Waals surface area contributed by atoms with Gasteiger partial charge in [-0.2, -0.15) is 0 Å². The molecule has 1 atom stereocenters. The molecule has 0 unspecified atom stereocenters. The van der Waals surface area contributed by atoms with Crippen molar-refractivity contribution in [3.63, 3.8) is 0 Å². The van der Waals surface area contributed by atoms with E-state index in [2.05, 4.69) is 10.3 Å². The third kappa shape index (κ3) is 3.35. The molecule has 1 amide bonds. The first-order chi connectivity index (χ1) is 12.6. The number of hydrogen-bond acceptors (Lipinski definition) is 4. The van der Waals surface area contributed by atoms with Gasteiger partial charge in [-0.1, -0.05) is 13.0 Å². The lowest BCUT2D eigenvalue weighted by atomic mass is 10.2. The molecule has 0 spiro atoms. The zero-order valence-electron chi connectivity index (χ0n) is 15.4. The van der Waals surface area contributed by atoms with Crippen molar-refractivity contribution in [3.05, 3.63) is 46.5 Å². The fourth-order valence-electron chi connectivity index (χ4n) is 2.93. The van der Waals surface area contributed by atoms with Gasteiger partial charge in [0.2, 0.25) is 0 Å². The number of amides is 1. The number of nitrogens with zero attached hydrogens (tertiary/aromatic N) is 3. The highest BCUT2D eigenvalue weighted by Gasteiger charge is 2.20. The van der Waals surface area contributed by atoms with E-state index in [9.17, 15) is 9.59 Å². The van der Waals surface area contributed by atoms with E-state index in [0.29, 0.717) is 35.5 Å². The Balaban J connectivity index is 2.17. The summed E-state index contributed by atoms with van der Waals surface area (Å²) in [5.74, 6) is -0.191. The third-order valence-electron chi connectivity index (χ3n) is 4.53. The molecule has 0 radical (unpaired) electrons. The number of aryl methyl sites for hydroxylation is 1. The predicted octanol–water partition coefficient (Wildman–Crippen LogP) is 2.21. The Labute approximate surface area is 151 Å². The van der Waals surface area contributed by atoms with Crippen molar-refractivity contribution in [2.75, 3.05) is 13.7 Å². The quantitative estimate of drug-likeness (QED) is 0.659. The Kier molecular flexibility index (Phi) is 5.37. The molecule has 0 aliphatic carbocycles. The summed E-state index contributed by atoms with van der Waals surface area (Å²) in [6.07, 6.45) is 3.24. The summed E-state index contributed by atoms with van der Waals surface area (Å²) < 4.78 is 8.45. The monoisotopic (exact) mass is 356 g/mol. The molecule has 0 saturated carbocycles. The van der Waals surface area contributed by atoms with Crippen LogP contribution in [0.3, 0.4) is 0 Å². The van der Waals surface area contributed by atoms with Crippen LogP contribution >= 0.6 is 0 Å². The molecule has 3 aromatic heterocycles. The van der Waals surface area contributed by atoms with E-state index in [1.54, 1.807) is 31.5 Å². The van der Waals surface area contributed by atoms with E-state index in [1.807, 2.05) is 24.5 Å². The molecule has 3 rings (SSSR count). The van der Waals surface area contributed by atoms with Crippen molar-refractivity contribution in [2.45, 2.75) is 39.3 Å². The van der Waals surface area contributed by atoms with Crippen LogP contribution in [-0.2, 0) is 11.3 Å². The second-order valence-electron chi connectivity index (χ2n) is 6.39. The molecular formula is C19H24N4O3. The Morgan fingerprint density at radius 1 is 1.38 bits per heavy atom. The van der Waals surface area contributed by atoms with E-state index in [1.165, 1.54) is 4.40 Å². The summed E-state index contributed by atoms with van der Waals surface area (Å²) in [7, 11) is 1.64. The van der Waals surface area contributed by atoms with E-state index >= 15 is 0 Å². The molecule has 7 nitrogen and oxygen atoms in total. The average molecular weight is 356 g/mol. The smallest absolute Gasteiger partial charge is 0.268 e. The van der Waals surface area contributed by atoms with Crippen molar-refractivity contribution >= 4 is 22.6 Å². The van der Waals surface area contributed by atoms with Gasteiger partial charge in [-0.15, -0.1) is 0 Å². The zero-order valence-corrected chi connectivity index (χ0v) is 15.4. The largest absolute Gasteiger partial charge is 0.385 e. The van der Waals surface area contributed by atoms with Gasteiger partial charge >= 0.3 is 0 Å². The van der Waals surface area contributed by atoms with Gasteiger partial charge in [0.25, 0.3) is 11.5 Å². The average Bonchev–Trinajstić information content (AvgIpc) is 3.01. The number of carbonyl (C=O) groups excluding carboxylic acids is 1. The molecule has 138 valence electrons. The van der Waals surface area contributed by atoms with Crippen LogP contribution in [0.25, 0.3) is 16.7 Å². The molecule has 0 aliphatic heterocycles. The standard InChI is InChI=1S/C19H24N4O3/c1-4-13(2)20-18(24)15-12-14-17(22(15)10-7-11-26-3)21-16-8-5-6-9-23(16)19(14)25/h5-6,8-9,12-13H,4,7,10-11H2,1-3H3,(H,20,24)/t13-/m0/s1. The molecule has 0 saturated heterocycles. The molecule has 0 fully saturated rings. The van der Waals surface area contributed by atoms with Gasteiger partial charge in [0.1, 0.15) is 17.0 Å². The molecule has 1 N–H and O–H groups in total. The SMILES string of the molecule is CC[C@H](C)NC(=O)c1cc2c(=O)n3ccccc3nc2n1CCCOC. The van der Waals surface area contributed by atoms with Crippen LogP contribution in [0, 0.1) is 0 Å². The Hall–Kier alpha value is -2.67. The van der Waals surface area contributed by atoms with Gasteiger partial charge < -0.3 is 14.6 Å². The first kappa shape index (κ1) is 18.1. The maximum Gasteiger partial charge on any atom is 0.268 e. The number of hydrogen-bond donors (Lipinski definition) is 1. The highest BCUT2D eigenvalue weighted by atomic mass is 16.5. The van der Waals surface area contributed by atoms with E-state index in [-0.39, 0.29) is 17.5 Å². The van der Waals surface area contributed by atoms with Crippen LogP contribution in [0.5, 0.6) is 0 Å². The minimum absolute atomic E-state index is 0.0565. The van der Waals surface area contributed by atoms with E-state index in [4.69, 9.17) is 4.74 Å². The molecule has 0 aromatic carbocycles. The minimum atomic E-state index is -0.191. The van der Waals surface area contributed by atoms with E-state index in [0.717, 1.165) is 12.8 Å². The van der Waals surface area contributed by atoms with E-state index < -0.39 is 0 Å². The molecule has 3 aromatic rings. The molecule has 26 heavy (non-hydrogen) atoms. The number of fused-ring (bicyclic) bond motifs is 2. The number of carbonyl (C=O) groups is 1. The highest BCUT2D eigenvalue weighted by Crippen LogP contribution is 2.17. The summed E-state index contributed by atoms with van der Waals surface area (Å²) in [6, 6.07) is 7.11. The van der Waals surface area contributed by atoms with Crippen LogP contribution in [0.15, 0.2) is 35.3 Å². The van der Waals surface area contributed by atoms with Gasteiger partial charge in [0.15, 0.2) is 0 Å². The summed E-state index contributed by atoms with van der Waals surface area (Å²) in [5, 5.41) is 3.42. The van der Waals surface area contributed by atoms with Gasteiger partial charge in [-0.25, -0.2) is 4.98 Å². The topological polar surface area (TPSA) is 77.6 Å². The first-order valence-corrected chi connectivity index (χ1v) is 8.87. The van der Waals surface area contributed by atoms with Crippen LogP contribution < -0.4 is 10.9 Å². The predicted molar refractivity (Wildman–Crippen MR) is 101 cm³/mol. The number of nitrogens with one attached hydrogen (secondary N) is 1. The number of methoxy groups -OCH3 is 1. The fraction of sp³-hybridized carbons (Fsp3) is 0.421. The molecular weight excluding hydrogens is 332 g/mol. The van der Waals surface area contributed by atoms with Gasteiger partial charge in [-0.05, 0) is 38.0 Å². The Morgan fingerprint density at radius 3 is 2.92 bits per heavy atom. The fourth-order valence-corrected chi connectivity index (χ4v) is 2.93. The zero-order chi connectivity index (χ0) is 18.7. The number of pyridine rings is 1. The van der Waals surface area contributed by atoms with Gasteiger partial charge in [0.05, 0.1) is 5.39 Å². The van der Waals surface area contributed by atoms with Gasteiger partial charge in [-0.3, -0.25) is 14.0 Å². The third-order valence-corrected chi connectivity index (χ3v) is 4.53. The number of rotatable bonds is 7. The summed E-state index contributed by atoms with van der Waals surface area (Å²) in [4.78, 5) is 30.2. The lowest BCUT2D eigenvalue weighted by Gasteiger charge is -2.14. The highest BCUT2D eigenvalue weighted by molar-refractivity contribution is 5.98. The summed E-state index contributed by atoms with van der Waals surface area (Å²) in [5.41, 5.74) is 1.38. The number of aromatic nitrogens is 3.